The van der Waals surface area contributed by atoms with Crippen LogP contribution in [0.25, 0.3) is 0 Å². The lowest BCUT2D eigenvalue weighted by atomic mass is 10.1. The van der Waals surface area contributed by atoms with Gasteiger partial charge in [-0.05, 0) is 75.2 Å². The summed E-state index contributed by atoms with van der Waals surface area (Å²) in [6.07, 6.45) is -1.78. The zero-order chi connectivity index (χ0) is 33.2. The third kappa shape index (κ3) is 19.6. The molecular weight excluding hydrogens is 566 g/mol. The monoisotopic (exact) mass is 619 g/mol. The number of ether oxygens (including phenoxy) is 5. The third-order valence-corrected chi connectivity index (χ3v) is 5.18. The van der Waals surface area contributed by atoms with Crippen LogP contribution in [0.2, 0.25) is 0 Å². The largest absolute Gasteiger partial charge is 0.464 e. The summed E-state index contributed by atoms with van der Waals surface area (Å²) >= 11 is 0. The summed E-state index contributed by atoms with van der Waals surface area (Å²) in [7, 11) is 0. The van der Waals surface area contributed by atoms with Crippen LogP contribution in [0.15, 0.2) is 0 Å². The van der Waals surface area contributed by atoms with Crippen LogP contribution in [0, 0.1) is 0 Å². The average Bonchev–Trinajstić information content (AvgIpc) is 2.86. The number of esters is 1. The number of carbonyl (C=O) groups is 5. The number of amides is 4. The Labute approximate surface area is 255 Å². The maximum absolute atomic E-state index is 12.8. The summed E-state index contributed by atoms with van der Waals surface area (Å²) in [5, 5.41) is 10.4. The van der Waals surface area contributed by atoms with E-state index in [1.165, 1.54) is 0 Å². The molecule has 0 saturated heterocycles. The van der Waals surface area contributed by atoms with Crippen LogP contribution in [0.3, 0.4) is 0 Å². The van der Waals surface area contributed by atoms with Crippen molar-refractivity contribution in [3.8, 4) is 0 Å². The van der Waals surface area contributed by atoms with Crippen molar-refractivity contribution in [2.24, 2.45) is 5.73 Å². The number of nitrogens with two attached hydrogens (primary N) is 1. The van der Waals surface area contributed by atoms with E-state index in [4.69, 9.17) is 29.4 Å². The Morgan fingerprint density at radius 3 is 1.84 bits per heavy atom. The van der Waals surface area contributed by atoms with Crippen molar-refractivity contribution in [2.75, 3.05) is 32.9 Å². The molecule has 0 aliphatic rings. The number of rotatable bonds is 18. The Morgan fingerprint density at radius 1 is 0.767 bits per heavy atom. The summed E-state index contributed by atoms with van der Waals surface area (Å²) in [6, 6.07) is -3.14. The molecule has 6 N–H and O–H groups in total. The maximum atomic E-state index is 12.8. The molecule has 0 aliphatic carbocycles. The summed E-state index contributed by atoms with van der Waals surface area (Å²) < 4.78 is 26.4. The molecule has 0 saturated carbocycles. The summed E-state index contributed by atoms with van der Waals surface area (Å²) in [5.41, 5.74) is 4.59. The number of hydrogen-bond acceptors (Lipinski definition) is 11. The molecule has 0 aromatic carbocycles. The molecule has 0 bridgehead atoms. The molecule has 0 radical (unpaired) electrons. The molecule has 0 fully saturated rings. The van der Waals surface area contributed by atoms with Gasteiger partial charge < -0.3 is 50.7 Å². The lowest BCUT2D eigenvalue weighted by Gasteiger charge is -2.27. The van der Waals surface area contributed by atoms with Crippen LogP contribution in [0.5, 0.6) is 0 Å². The smallest absolute Gasteiger partial charge is 0.407 e. The average molecular weight is 620 g/mol. The van der Waals surface area contributed by atoms with Gasteiger partial charge in [0.1, 0.15) is 17.2 Å². The fourth-order valence-electron chi connectivity index (χ4n) is 3.46. The van der Waals surface area contributed by atoms with Gasteiger partial charge in [0.15, 0.2) is 12.3 Å². The molecule has 3 atom stereocenters. The van der Waals surface area contributed by atoms with Gasteiger partial charge in [0.2, 0.25) is 11.8 Å². The Bertz CT molecular complexity index is 882. The van der Waals surface area contributed by atoms with E-state index in [1.807, 2.05) is 0 Å². The van der Waals surface area contributed by atoms with E-state index < -0.39 is 65.6 Å². The third-order valence-electron chi connectivity index (χ3n) is 5.18. The number of hydrogen-bond donors (Lipinski definition) is 5. The van der Waals surface area contributed by atoms with Crippen molar-refractivity contribution in [2.45, 2.75) is 117 Å². The number of alkyl carbamates (subject to hydrolysis) is 2. The van der Waals surface area contributed by atoms with Crippen LogP contribution in [0.4, 0.5) is 9.59 Å². The molecule has 15 nitrogen and oxygen atoms in total. The van der Waals surface area contributed by atoms with E-state index in [1.54, 1.807) is 62.3 Å². The zero-order valence-corrected chi connectivity index (χ0v) is 27.1. The van der Waals surface area contributed by atoms with E-state index in [0.29, 0.717) is 12.8 Å². The number of carbonyl (C=O) groups excluding carboxylic acids is 5. The highest BCUT2D eigenvalue weighted by molar-refractivity contribution is 5.88. The molecule has 0 spiro atoms. The highest BCUT2D eigenvalue weighted by Crippen LogP contribution is 2.10. The normalized spacial score (nSPS) is 13.7. The van der Waals surface area contributed by atoms with Crippen molar-refractivity contribution < 1.29 is 47.7 Å². The molecule has 0 aromatic heterocycles. The first-order valence-electron chi connectivity index (χ1n) is 14.6. The molecule has 250 valence electrons. The van der Waals surface area contributed by atoms with E-state index in [9.17, 15) is 24.0 Å². The second kappa shape index (κ2) is 19.9. The fraction of sp³-hybridized carbons (Fsp3) is 0.821. The van der Waals surface area contributed by atoms with Crippen LogP contribution in [-0.2, 0) is 38.1 Å². The maximum Gasteiger partial charge on any atom is 0.407 e. The van der Waals surface area contributed by atoms with Gasteiger partial charge in [-0.2, -0.15) is 0 Å². The van der Waals surface area contributed by atoms with Gasteiger partial charge >= 0.3 is 18.2 Å². The summed E-state index contributed by atoms with van der Waals surface area (Å²) in [5.74, 6) is -1.98. The van der Waals surface area contributed by atoms with E-state index in [-0.39, 0.29) is 39.3 Å². The van der Waals surface area contributed by atoms with Crippen molar-refractivity contribution in [3.63, 3.8) is 0 Å². The predicted octanol–water partition coefficient (Wildman–Crippen LogP) is 1.47. The van der Waals surface area contributed by atoms with E-state index in [0.717, 1.165) is 0 Å². The first kappa shape index (κ1) is 39.8. The van der Waals surface area contributed by atoms with Crippen LogP contribution >= 0.6 is 0 Å². The first-order chi connectivity index (χ1) is 19.9. The van der Waals surface area contributed by atoms with Crippen molar-refractivity contribution in [1.82, 2.24) is 21.3 Å². The minimum atomic E-state index is -1.27. The highest BCUT2D eigenvalue weighted by atomic mass is 16.7. The Hall–Kier alpha value is -3.17. The molecule has 43 heavy (non-hydrogen) atoms. The van der Waals surface area contributed by atoms with Gasteiger partial charge in [-0.15, -0.1) is 0 Å². The fourth-order valence-corrected chi connectivity index (χ4v) is 3.46. The highest BCUT2D eigenvalue weighted by Gasteiger charge is 2.34. The van der Waals surface area contributed by atoms with Crippen LogP contribution in [-0.4, -0.2) is 98.5 Å². The molecular formula is C28H53N5O10. The standard InChI is InChI=1S/C28H53N5O10/c1-10-39-23(36)21(24(40-11-2)41-12-3)33-22(35)19(29)17-31-20(34)16-18(32-26(38)43-28(7,8)9)14-13-15-30-25(37)42-27(4,5)6/h18-19,21,24H,10-17,29H2,1-9H3,(H,30,37)(H,31,34)(H,32,38)(H,33,35)/t18-,19-,21+/m0/s1. The van der Waals surface area contributed by atoms with Crippen molar-refractivity contribution in [1.29, 1.82) is 0 Å². The minimum absolute atomic E-state index is 0.0772. The van der Waals surface area contributed by atoms with Gasteiger partial charge in [-0.1, -0.05) is 0 Å². The van der Waals surface area contributed by atoms with Crippen molar-refractivity contribution >= 4 is 30.0 Å². The van der Waals surface area contributed by atoms with Gasteiger partial charge in [-0.25, -0.2) is 14.4 Å². The SMILES string of the molecule is CCOC(=O)[C@@H](NC(=O)[C@@H](N)CNC(=O)C[C@H](CCCNC(=O)OC(C)(C)C)NC(=O)OC(C)(C)C)C(OCC)OCC. The Kier molecular flexibility index (Phi) is 18.4. The predicted molar refractivity (Wildman–Crippen MR) is 158 cm³/mol. The molecule has 4 amide bonds. The summed E-state index contributed by atoms with van der Waals surface area (Å²) in [6.45, 7) is 15.9. The van der Waals surface area contributed by atoms with E-state index >= 15 is 0 Å². The molecule has 0 unspecified atom stereocenters. The van der Waals surface area contributed by atoms with Crippen molar-refractivity contribution in [3.05, 3.63) is 0 Å². The lowest BCUT2D eigenvalue weighted by Crippen LogP contribution is -2.57. The molecule has 0 aliphatic heterocycles. The van der Waals surface area contributed by atoms with Gasteiger partial charge in [0.25, 0.3) is 0 Å². The zero-order valence-electron chi connectivity index (χ0n) is 27.1. The lowest BCUT2D eigenvalue weighted by molar-refractivity contribution is -0.180. The summed E-state index contributed by atoms with van der Waals surface area (Å²) in [4.78, 5) is 62.3. The molecule has 0 rings (SSSR count). The first-order valence-corrected chi connectivity index (χ1v) is 14.6. The van der Waals surface area contributed by atoms with Gasteiger partial charge in [0, 0.05) is 38.8 Å². The van der Waals surface area contributed by atoms with Gasteiger partial charge in [-0.3, -0.25) is 9.59 Å². The second-order valence-electron chi connectivity index (χ2n) is 11.5. The second-order valence-corrected chi connectivity index (χ2v) is 11.5. The Balaban J connectivity index is 5.19. The molecule has 15 heteroatoms. The van der Waals surface area contributed by atoms with Gasteiger partial charge in [0.05, 0.1) is 6.61 Å². The van der Waals surface area contributed by atoms with Crippen LogP contribution in [0.1, 0.15) is 81.6 Å². The quantitative estimate of drug-likeness (QED) is 0.0643. The number of nitrogens with one attached hydrogen (secondary N) is 4. The molecule has 0 aromatic rings. The van der Waals surface area contributed by atoms with E-state index in [2.05, 4.69) is 21.3 Å². The van der Waals surface area contributed by atoms with Crippen LogP contribution < -0.4 is 27.0 Å². The minimum Gasteiger partial charge on any atom is -0.464 e. The molecule has 0 heterocycles. The Morgan fingerprint density at radius 2 is 1.33 bits per heavy atom. The topological polar surface area (TPSA) is 206 Å².